The molecule has 6 unspecified atom stereocenters. The number of nitrogens with one attached hydrogen (secondary N) is 3. The molecule has 4 aliphatic heterocycles. The second-order valence-electron chi connectivity index (χ2n) is 17.2. The molecular weight excluding hydrogens is 1000 g/mol. The van der Waals surface area contributed by atoms with Gasteiger partial charge >= 0.3 is 29.6 Å². The van der Waals surface area contributed by atoms with E-state index in [4.69, 9.17) is 28.4 Å². The van der Waals surface area contributed by atoms with Crippen LogP contribution in [0.4, 0.5) is 0 Å². The van der Waals surface area contributed by atoms with Crippen molar-refractivity contribution in [1.82, 2.24) is 20.9 Å². The average molecular weight is 1070 g/mol. The number of Topliss-reactive ketones (excluding diaryl/α,β-unsaturated/α-hetero) is 1. The molecule has 4 saturated heterocycles. The number of nitrogens with zero attached hydrogens (tertiary/aromatic N) is 1. The third-order valence-electron chi connectivity index (χ3n) is 12.2. The van der Waals surface area contributed by atoms with Gasteiger partial charge < -0.3 is 105 Å². The Balaban J connectivity index is 0.000000557. The first-order chi connectivity index (χ1) is 33.5. The van der Waals surface area contributed by atoms with Crippen LogP contribution < -0.4 is 50.6 Å². The van der Waals surface area contributed by atoms with Gasteiger partial charge in [0.2, 0.25) is 35.3 Å². The van der Waals surface area contributed by atoms with Crippen LogP contribution in [-0.2, 0) is 62.0 Å². The molecule has 0 spiro atoms. The molecule has 0 radical (unpaired) electrons. The minimum absolute atomic E-state index is 0. The Hall–Kier alpha value is -2.60. The summed E-state index contributed by atoms with van der Waals surface area (Å²) in [6.45, 7) is 0.917. The van der Waals surface area contributed by atoms with Gasteiger partial charge in [0.1, 0.15) is 60.9 Å². The Morgan fingerprint density at radius 1 is 0.917 bits per heavy atom. The number of ketones is 1. The predicted molar refractivity (Wildman–Crippen MR) is 235 cm³/mol. The average Bonchev–Trinajstić information content (AvgIpc) is 3.62. The number of hydrogen-bond acceptors (Lipinski definition) is 25. The molecule has 5 amide bonds. The molecule has 0 saturated carbocycles. The van der Waals surface area contributed by atoms with Crippen molar-refractivity contribution < 1.29 is 148 Å². The van der Waals surface area contributed by atoms with Crippen LogP contribution in [0.5, 0.6) is 0 Å². The number of hydrogen-bond donors (Lipinski definition) is 13. The number of amides is 5. The minimum Gasteiger partial charge on any atom is -0.544 e. The van der Waals surface area contributed by atoms with E-state index in [1.54, 1.807) is 13.2 Å². The number of carboxylic acid groups (broad SMARTS) is 1. The predicted octanol–water partition coefficient (Wildman–Crippen LogP) is -11.8. The molecule has 0 aliphatic carbocycles. The number of likely N-dealkylation sites (tertiary alicyclic amines) is 1. The van der Waals surface area contributed by atoms with E-state index in [1.807, 2.05) is 0 Å². The number of carbonyl (C=O) groups excluding carboxylic acids is 7. The Kier molecular flexibility index (Phi) is 28.6. The number of imide groups is 1. The van der Waals surface area contributed by atoms with Crippen LogP contribution in [0.2, 0.25) is 0 Å². The molecular formula is C42H69N4NaO24S. The summed E-state index contributed by atoms with van der Waals surface area (Å²) in [5, 5.41) is 118. The van der Waals surface area contributed by atoms with Crippen molar-refractivity contribution >= 4 is 53.1 Å². The van der Waals surface area contributed by atoms with Crippen molar-refractivity contribution in [2.75, 3.05) is 66.0 Å². The van der Waals surface area contributed by atoms with Gasteiger partial charge in [-0.1, -0.05) is 0 Å². The largest absolute Gasteiger partial charge is 1.00 e. The van der Waals surface area contributed by atoms with Gasteiger partial charge in [0.15, 0.2) is 12.1 Å². The molecule has 4 heterocycles. The zero-order valence-corrected chi connectivity index (χ0v) is 43.5. The van der Waals surface area contributed by atoms with E-state index in [2.05, 4.69) is 16.0 Å². The van der Waals surface area contributed by atoms with Gasteiger partial charge in [0, 0.05) is 71.8 Å². The third-order valence-corrected chi connectivity index (χ3v) is 13.1. The fraction of sp³-hybridized carbons (Fsp3) is 0.833. The molecule has 4 aliphatic rings. The standard InChI is InChI=1S/C27H43N3O14S.C15H27NO10.Na/c1-42-27(26(40)41)12-17(33)16(24(44-27)23(38)18(34)14-31)10-15(32)13-29-21(36)5-9-43-8-3-6-28-20(35)4-7-30-22(37)11-19(45-2)25(30)39;1-5-9(16-6(2)19)14(11(21)8(4-18)24-5)26-15-13(23)12(22)10(20)7(3-17)25-15;/h16-19,23-24,31,33-34,38H,3-14H2,1-2H3,(H,28,35)(H,29,36)(H,40,41);5,7-15,17-18,20-23H,3-4H2,1-2H3,(H,16,19);/q;;+1/p-1/t16-,17-,18-,19?,23-,24?,27-;5-,7?,8?,9?,10+,11+,12+,13?,14-,15+;/m11./s1. The molecule has 13 N–H and O–H groups in total. The summed E-state index contributed by atoms with van der Waals surface area (Å²) in [5.74, 6) is -7.94. The maximum Gasteiger partial charge on any atom is 1.00 e. The van der Waals surface area contributed by atoms with Gasteiger partial charge in [0.25, 0.3) is 0 Å². The molecule has 4 fully saturated rings. The maximum atomic E-state index is 12.6. The van der Waals surface area contributed by atoms with Crippen LogP contribution in [0.25, 0.3) is 0 Å². The summed E-state index contributed by atoms with van der Waals surface area (Å²) in [5.41, 5.74) is 0. The van der Waals surface area contributed by atoms with Gasteiger partial charge in [-0.15, -0.1) is 0 Å². The van der Waals surface area contributed by atoms with Crippen LogP contribution in [0.15, 0.2) is 0 Å². The molecule has 30 heteroatoms. The minimum atomic E-state index is -2.46. The van der Waals surface area contributed by atoms with Crippen LogP contribution in [0, 0.1) is 5.92 Å². The number of aliphatic carboxylic acids is 1. The zero-order chi connectivity index (χ0) is 53.3. The van der Waals surface area contributed by atoms with Crippen LogP contribution in [0.3, 0.4) is 0 Å². The zero-order valence-electron chi connectivity index (χ0n) is 40.7. The molecule has 4 rings (SSSR count). The summed E-state index contributed by atoms with van der Waals surface area (Å²) in [4.78, 5) is 84.9. The van der Waals surface area contributed by atoms with E-state index in [0.717, 1.165) is 12.0 Å². The number of ether oxygens (including phenoxy) is 6. The molecule has 408 valence electrons. The molecule has 28 nitrogen and oxygen atoms in total. The molecule has 0 aromatic carbocycles. The number of carboxylic acids is 1. The normalized spacial score (nSPS) is 33.4. The molecule has 0 bridgehead atoms. The van der Waals surface area contributed by atoms with Crippen molar-refractivity contribution in [3.05, 3.63) is 0 Å². The van der Waals surface area contributed by atoms with Gasteiger partial charge in [-0.3, -0.25) is 33.7 Å². The smallest absolute Gasteiger partial charge is 0.544 e. The summed E-state index contributed by atoms with van der Waals surface area (Å²) in [7, 11) is 0.977. The number of rotatable bonds is 25. The van der Waals surface area contributed by atoms with E-state index in [9.17, 15) is 89.7 Å². The number of aliphatic hydroxyl groups is 10. The number of carbonyl (C=O) groups is 7. The van der Waals surface area contributed by atoms with E-state index in [-0.39, 0.29) is 92.8 Å². The van der Waals surface area contributed by atoms with E-state index < -0.39 is 165 Å². The van der Waals surface area contributed by atoms with Crippen molar-refractivity contribution in [2.24, 2.45) is 5.92 Å². The van der Waals surface area contributed by atoms with E-state index in [0.29, 0.717) is 6.42 Å². The number of methoxy groups -OCH3 is 1. The van der Waals surface area contributed by atoms with Crippen molar-refractivity contribution in [2.45, 2.75) is 149 Å². The van der Waals surface area contributed by atoms with E-state index in [1.165, 1.54) is 18.7 Å². The molecule has 17 atom stereocenters. The van der Waals surface area contributed by atoms with Crippen LogP contribution >= 0.6 is 11.8 Å². The Labute approximate surface area is 440 Å². The first-order valence-electron chi connectivity index (χ1n) is 22.8. The van der Waals surface area contributed by atoms with E-state index >= 15 is 0 Å². The van der Waals surface area contributed by atoms with Crippen LogP contribution in [0.1, 0.15) is 52.4 Å². The molecule has 0 aromatic rings. The van der Waals surface area contributed by atoms with Crippen molar-refractivity contribution in [3.8, 4) is 0 Å². The fourth-order valence-electron chi connectivity index (χ4n) is 8.13. The second kappa shape index (κ2) is 31.4. The Bertz CT molecular complexity index is 1780. The summed E-state index contributed by atoms with van der Waals surface area (Å²) in [6.07, 6.45) is -17.4. The van der Waals surface area contributed by atoms with Gasteiger partial charge in [-0.25, -0.2) is 0 Å². The maximum absolute atomic E-state index is 12.6. The Morgan fingerprint density at radius 2 is 1.56 bits per heavy atom. The van der Waals surface area contributed by atoms with Gasteiger partial charge in [-0.05, 0) is 19.6 Å². The summed E-state index contributed by atoms with van der Waals surface area (Å²) in [6, 6.07) is -0.835. The van der Waals surface area contributed by atoms with Crippen molar-refractivity contribution in [3.63, 3.8) is 0 Å². The second-order valence-corrected chi connectivity index (χ2v) is 18.3. The first-order valence-corrected chi connectivity index (χ1v) is 24.1. The summed E-state index contributed by atoms with van der Waals surface area (Å²) < 4.78 is 31.9. The van der Waals surface area contributed by atoms with Gasteiger partial charge in [0.05, 0.1) is 62.6 Å². The Morgan fingerprint density at radius 3 is 2.12 bits per heavy atom. The van der Waals surface area contributed by atoms with Crippen LogP contribution in [-0.4, -0.2) is 260 Å². The van der Waals surface area contributed by atoms with Gasteiger partial charge in [-0.2, -0.15) is 11.8 Å². The number of thioether (sulfide) groups is 1. The molecule has 0 aromatic heterocycles. The first kappa shape index (κ1) is 65.5. The molecule has 72 heavy (non-hydrogen) atoms. The monoisotopic (exact) mass is 1070 g/mol. The fourth-order valence-corrected chi connectivity index (χ4v) is 8.77. The SMILES string of the molecule is CC(=O)NC1[C@@H](O[C@@H]2OC(CO)[C@H](O)[C@H](O)C2O)[C@@H](O)C(CO)O[C@@H]1C.CO[C@]1(C(=O)[O-])C[C@@H](O)[C@@H](CC(=O)CNC(=O)CCOCCCNC(=O)CCN2C(=O)CC(SC)C2=O)C([C@H](O)[C@H](O)CO)O1.[Na+]. The summed E-state index contributed by atoms with van der Waals surface area (Å²) >= 11 is 1.30. The topological polar surface area (TPSA) is 440 Å². The van der Waals surface area contributed by atoms with Crippen molar-refractivity contribution in [1.29, 1.82) is 0 Å². The number of aliphatic hydroxyl groups excluding tert-OH is 10. The third kappa shape index (κ3) is 18.0. The quantitative estimate of drug-likeness (QED) is 0.0229.